The number of benzene rings is 1. The van der Waals surface area contributed by atoms with Gasteiger partial charge in [0, 0.05) is 17.8 Å². The van der Waals surface area contributed by atoms with E-state index in [9.17, 15) is 4.79 Å². The molecule has 0 heterocycles. The smallest absolute Gasteiger partial charge is 0.255 e. The average Bonchev–Trinajstić information content (AvgIpc) is 2.25. The minimum absolute atomic E-state index is 0.0794. The van der Waals surface area contributed by atoms with Gasteiger partial charge in [-0.1, -0.05) is 13.0 Å². The lowest BCUT2D eigenvalue weighted by Crippen LogP contribution is -2.33. The maximum absolute atomic E-state index is 10.6. The molecule has 1 aromatic carbocycles. The molecule has 0 unspecified atom stereocenters. The molecular formula is C13H18N2O2. The number of primary amides is 1. The highest BCUT2D eigenvalue weighted by atomic mass is 16.5. The van der Waals surface area contributed by atoms with E-state index < -0.39 is 5.91 Å². The first-order chi connectivity index (χ1) is 8.13. The number of amides is 1. The lowest BCUT2D eigenvalue weighted by atomic mass is 9.82. The second-order valence-electron chi connectivity index (χ2n) is 4.70. The Morgan fingerprint density at radius 3 is 2.94 bits per heavy atom. The van der Waals surface area contributed by atoms with Crippen LogP contribution in [0.15, 0.2) is 24.3 Å². The van der Waals surface area contributed by atoms with Crippen LogP contribution in [0.1, 0.15) is 19.8 Å². The Bertz CT molecular complexity index is 400. The molecule has 1 fully saturated rings. The van der Waals surface area contributed by atoms with Gasteiger partial charge in [0.25, 0.3) is 5.91 Å². The van der Waals surface area contributed by atoms with E-state index in [1.807, 2.05) is 24.3 Å². The van der Waals surface area contributed by atoms with Crippen LogP contribution in [0.5, 0.6) is 5.75 Å². The number of anilines is 1. The van der Waals surface area contributed by atoms with Crippen LogP contribution in [0.4, 0.5) is 5.69 Å². The number of nitrogens with one attached hydrogen (secondary N) is 1. The minimum Gasteiger partial charge on any atom is -0.484 e. The second-order valence-corrected chi connectivity index (χ2v) is 4.70. The lowest BCUT2D eigenvalue weighted by Gasteiger charge is -2.34. The molecule has 0 atom stereocenters. The normalized spacial score (nSPS) is 22.6. The van der Waals surface area contributed by atoms with Gasteiger partial charge in [0.2, 0.25) is 0 Å². The van der Waals surface area contributed by atoms with E-state index in [2.05, 4.69) is 12.2 Å². The van der Waals surface area contributed by atoms with Gasteiger partial charge in [-0.15, -0.1) is 0 Å². The molecule has 4 nitrogen and oxygen atoms in total. The maximum Gasteiger partial charge on any atom is 0.255 e. The van der Waals surface area contributed by atoms with Gasteiger partial charge in [-0.2, -0.15) is 0 Å². The van der Waals surface area contributed by atoms with Crippen molar-refractivity contribution in [3.63, 3.8) is 0 Å². The molecule has 0 radical (unpaired) electrons. The van der Waals surface area contributed by atoms with E-state index in [-0.39, 0.29) is 6.61 Å². The first kappa shape index (κ1) is 11.8. The Morgan fingerprint density at radius 2 is 2.29 bits per heavy atom. The van der Waals surface area contributed by atoms with E-state index >= 15 is 0 Å². The molecule has 92 valence electrons. The zero-order valence-electron chi connectivity index (χ0n) is 9.98. The highest BCUT2D eigenvalue weighted by Crippen LogP contribution is 2.30. The van der Waals surface area contributed by atoms with Gasteiger partial charge in [0.05, 0.1) is 0 Å². The summed E-state index contributed by atoms with van der Waals surface area (Å²) in [4.78, 5) is 10.6. The van der Waals surface area contributed by atoms with Crippen LogP contribution >= 0.6 is 0 Å². The van der Waals surface area contributed by atoms with Gasteiger partial charge >= 0.3 is 0 Å². The second kappa shape index (κ2) is 5.08. The predicted molar refractivity (Wildman–Crippen MR) is 66.9 cm³/mol. The van der Waals surface area contributed by atoms with Gasteiger partial charge in [0.15, 0.2) is 6.61 Å². The molecule has 1 saturated carbocycles. The van der Waals surface area contributed by atoms with Gasteiger partial charge < -0.3 is 15.8 Å². The quantitative estimate of drug-likeness (QED) is 0.816. The predicted octanol–water partition coefficient (Wildman–Crippen LogP) is 1.76. The van der Waals surface area contributed by atoms with Gasteiger partial charge in [-0.3, -0.25) is 4.79 Å². The number of hydrogen-bond acceptors (Lipinski definition) is 3. The van der Waals surface area contributed by atoms with E-state index in [1.54, 1.807) is 0 Å². The molecule has 1 aliphatic carbocycles. The molecule has 0 aromatic heterocycles. The SMILES string of the molecule is CC1CC(Nc2cccc(OCC(N)=O)c2)C1. The van der Waals surface area contributed by atoms with E-state index in [0.29, 0.717) is 11.8 Å². The maximum atomic E-state index is 10.6. The largest absolute Gasteiger partial charge is 0.484 e. The van der Waals surface area contributed by atoms with Crippen molar-refractivity contribution in [3.05, 3.63) is 24.3 Å². The zero-order valence-corrected chi connectivity index (χ0v) is 9.98. The summed E-state index contributed by atoms with van der Waals surface area (Å²) in [5, 5.41) is 3.44. The summed E-state index contributed by atoms with van der Waals surface area (Å²) >= 11 is 0. The van der Waals surface area contributed by atoms with Crippen LogP contribution in [-0.4, -0.2) is 18.6 Å². The summed E-state index contributed by atoms with van der Waals surface area (Å²) in [6.07, 6.45) is 2.43. The summed E-state index contributed by atoms with van der Waals surface area (Å²) in [6, 6.07) is 8.18. The summed E-state index contributed by atoms with van der Waals surface area (Å²) in [6.45, 7) is 2.18. The van der Waals surface area contributed by atoms with E-state index in [4.69, 9.17) is 10.5 Å². The standard InChI is InChI=1S/C13H18N2O2/c1-9-5-11(6-9)15-10-3-2-4-12(7-10)17-8-13(14)16/h2-4,7,9,11,15H,5-6,8H2,1H3,(H2,14,16). The summed E-state index contributed by atoms with van der Waals surface area (Å²) < 4.78 is 5.25. The lowest BCUT2D eigenvalue weighted by molar-refractivity contribution is -0.119. The minimum atomic E-state index is -0.462. The van der Waals surface area contributed by atoms with Crippen LogP contribution in [-0.2, 0) is 4.79 Å². The molecule has 2 rings (SSSR count). The molecule has 0 bridgehead atoms. The number of nitrogens with two attached hydrogens (primary N) is 1. The summed E-state index contributed by atoms with van der Waals surface area (Å²) in [5.41, 5.74) is 6.06. The number of carbonyl (C=O) groups is 1. The van der Waals surface area contributed by atoms with Crippen LogP contribution in [0, 0.1) is 5.92 Å². The Balaban J connectivity index is 1.89. The highest BCUT2D eigenvalue weighted by Gasteiger charge is 2.24. The Labute approximate surface area is 101 Å². The van der Waals surface area contributed by atoms with Crippen molar-refractivity contribution in [2.24, 2.45) is 11.7 Å². The van der Waals surface area contributed by atoms with Crippen molar-refractivity contribution >= 4 is 11.6 Å². The van der Waals surface area contributed by atoms with E-state index in [0.717, 1.165) is 11.6 Å². The average molecular weight is 234 g/mol. The fourth-order valence-electron chi connectivity index (χ4n) is 2.09. The molecule has 0 aliphatic heterocycles. The van der Waals surface area contributed by atoms with Crippen molar-refractivity contribution in [3.8, 4) is 5.75 Å². The van der Waals surface area contributed by atoms with Crippen LogP contribution in [0.3, 0.4) is 0 Å². The van der Waals surface area contributed by atoms with E-state index in [1.165, 1.54) is 12.8 Å². The fourth-order valence-corrected chi connectivity index (χ4v) is 2.09. The van der Waals surface area contributed by atoms with Gasteiger partial charge in [-0.05, 0) is 30.9 Å². The molecule has 1 amide bonds. The zero-order chi connectivity index (χ0) is 12.3. The number of carbonyl (C=O) groups excluding carboxylic acids is 1. The Hall–Kier alpha value is -1.71. The van der Waals surface area contributed by atoms with Crippen LogP contribution in [0.25, 0.3) is 0 Å². The molecule has 1 aliphatic rings. The molecule has 0 saturated heterocycles. The third-order valence-corrected chi connectivity index (χ3v) is 2.96. The van der Waals surface area contributed by atoms with Crippen LogP contribution < -0.4 is 15.8 Å². The Kier molecular flexibility index (Phi) is 3.52. The first-order valence-corrected chi connectivity index (χ1v) is 5.91. The molecule has 4 heteroatoms. The van der Waals surface area contributed by atoms with Crippen molar-refractivity contribution in [2.45, 2.75) is 25.8 Å². The molecule has 3 N–H and O–H groups in total. The number of hydrogen-bond donors (Lipinski definition) is 2. The Morgan fingerprint density at radius 1 is 1.53 bits per heavy atom. The highest BCUT2D eigenvalue weighted by molar-refractivity contribution is 5.75. The molecule has 17 heavy (non-hydrogen) atoms. The third-order valence-electron chi connectivity index (χ3n) is 2.96. The monoisotopic (exact) mass is 234 g/mol. The van der Waals surface area contributed by atoms with Gasteiger partial charge in [0.1, 0.15) is 5.75 Å². The van der Waals surface area contributed by atoms with Crippen molar-refractivity contribution in [2.75, 3.05) is 11.9 Å². The summed E-state index contributed by atoms with van der Waals surface area (Å²) in [7, 11) is 0. The van der Waals surface area contributed by atoms with Crippen molar-refractivity contribution in [1.82, 2.24) is 0 Å². The molecule has 1 aromatic rings. The number of rotatable bonds is 5. The topological polar surface area (TPSA) is 64.3 Å². The fraction of sp³-hybridized carbons (Fsp3) is 0.462. The van der Waals surface area contributed by atoms with Gasteiger partial charge in [-0.25, -0.2) is 0 Å². The number of ether oxygens (including phenoxy) is 1. The molecular weight excluding hydrogens is 216 g/mol. The van der Waals surface area contributed by atoms with Crippen LogP contribution in [0.2, 0.25) is 0 Å². The first-order valence-electron chi connectivity index (χ1n) is 5.91. The van der Waals surface area contributed by atoms with Crippen molar-refractivity contribution in [1.29, 1.82) is 0 Å². The third kappa shape index (κ3) is 3.37. The molecule has 0 spiro atoms. The summed E-state index contributed by atoms with van der Waals surface area (Å²) in [5.74, 6) is 1.03. The van der Waals surface area contributed by atoms with Crippen molar-refractivity contribution < 1.29 is 9.53 Å².